The van der Waals surface area contributed by atoms with Crippen LogP contribution in [0.5, 0.6) is 17.2 Å². The quantitative estimate of drug-likeness (QED) is 0.0823. The number of nitrogens with zero attached hydrogens (tertiary/aromatic N) is 1. The molecule has 0 radical (unpaired) electrons. The van der Waals surface area contributed by atoms with Gasteiger partial charge in [0.2, 0.25) is 5.75 Å². The molecule has 3 rings (SSSR count). The third-order valence-corrected chi connectivity index (χ3v) is 7.83. The average molecular weight is 641 g/mol. The zero-order valence-corrected chi connectivity index (χ0v) is 25.7. The maximum Gasteiger partial charge on any atom is 0.308 e. The van der Waals surface area contributed by atoms with E-state index in [2.05, 4.69) is 21.5 Å². The van der Waals surface area contributed by atoms with Crippen LogP contribution in [-0.4, -0.2) is 38.2 Å². The number of para-hydroxylation sites is 1. The zero-order valence-electron chi connectivity index (χ0n) is 23.4. The molecule has 1 N–H and O–H groups in total. The lowest BCUT2D eigenvalue weighted by molar-refractivity contribution is -0.136. The lowest BCUT2D eigenvalue weighted by atomic mass is 10.0. The summed E-state index contributed by atoms with van der Waals surface area (Å²) in [5.41, 5.74) is 1.81. The Morgan fingerprint density at radius 2 is 1.55 bits per heavy atom. The van der Waals surface area contributed by atoms with E-state index in [1.165, 1.54) is 23.8 Å². The van der Waals surface area contributed by atoms with Crippen molar-refractivity contribution in [3.05, 3.63) is 81.6 Å². The van der Waals surface area contributed by atoms with Crippen molar-refractivity contribution in [1.29, 1.82) is 0 Å². The topological polar surface area (TPSA) is 121 Å². The lowest BCUT2D eigenvalue weighted by Gasteiger charge is -2.13. The first-order valence-corrected chi connectivity index (χ1v) is 16.0. The highest BCUT2D eigenvalue weighted by atomic mass is 35.5. The molecule has 0 spiro atoms. The van der Waals surface area contributed by atoms with Crippen molar-refractivity contribution >= 4 is 39.3 Å². The molecule has 1 heterocycles. The van der Waals surface area contributed by atoms with Gasteiger partial charge in [0.05, 0.1) is 41.6 Å². The van der Waals surface area contributed by atoms with E-state index in [0.717, 1.165) is 50.7 Å². The largest absolute Gasteiger partial charge is 0.497 e. The molecule has 12 heteroatoms. The molecule has 0 aliphatic carbocycles. The Kier molecular flexibility index (Phi) is 13.7. The summed E-state index contributed by atoms with van der Waals surface area (Å²) in [4.78, 5) is 20.4. The highest BCUT2D eigenvalue weighted by molar-refractivity contribution is 7.85. The van der Waals surface area contributed by atoms with Gasteiger partial charge < -0.3 is 19.5 Å². The van der Waals surface area contributed by atoms with Crippen LogP contribution in [0.4, 0.5) is 0 Å². The van der Waals surface area contributed by atoms with Crippen LogP contribution in [0.1, 0.15) is 61.9 Å². The van der Waals surface area contributed by atoms with E-state index >= 15 is 0 Å². The Balaban J connectivity index is 1.44. The van der Waals surface area contributed by atoms with Crippen LogP contribution in [0.25, 0.3) is 0 Å². The zero-order chi connectivity index (χ0) is 30.4. The molecule has 1 aromatic heterocycles. The normalized spacial score (nSPS) is 11.3. The number of hydrogen-bond acceptors (Lipinski definition) is 8. The summed E-state index contributed by atoms with van der Waals surface area (Å²) in [5, 5.41) is 9.30. The Labute approximate surface area is 256 Å². The highest BCUT2D eigenvalue weighted by Gasteiger charge is 2.20. The van der Waals surface area contributed by atoms with Crippen LogP contribution in [0, 0.1) is 0 Å². The number of aliphatic carboxylic acids is 1. The number of aromatic nitrogens is 1. The minimum atomic E-state index is -4.24. The molecule has 0 atom stereocenters. The van der Waals surface area contributed by atoms with Crippen LogP contribution in [0.15, 0.2) is 54.6 Å². The van der Waals surface area contributed by atoms with Crippen LogP contribution in [0.3, 0.4) is 0 Å². The number of unbranched alkanes of at least 4 members (excludes halogenated alkanes) is 5. The van der Waals surface area contributed by atoms with Gasteiger partial charge in [-0.15, -0.1) is 0 Å². The molecular weight excluding hydrogens is 605 g/mol. The smallest absolute Gasteiger partial charge is 0.308 e. The van der Waals surface area contributed by atoms with Gasteiger partial charge in [-0.1, -0.05) is 71.4 Å². The summed E-state index contributed by atoms with van der Waals surface area (Å²) in [7, 11) is -2.58. The second kappa shape index (κ2) is 17.2. The van der Waals surface area contributed by atoms with Gasteiger partial charge in [-0.3, -0.25) is 9.78 Å². The van der Waals surface area contributed by atoms with Crippen molar-refractivity contribution < 1.29 is 37.0 Å². The fourth-order valence-corrected chi connectivity index (χ4v) is 5.32. The van der Waals surface area contributed by atoms with Gasteiger partial charge in [-0.2, -0.15) is 8.42 Å². The van der Waals surface area contributed by atoms with E-state index in [4.69, 9.17) is 42.7 Å². The van der Waals surface area contributed by atoms with E-state index in [9.17, 15) is 13.2 Å². The van der Waals surface area contributed by atoms with Gasteiger partial charge in [-0.05, 0) is 61.2 Å². The van der Waals surface area contributed by atoms with Crippen LogP contribution >= 0.6 is 23.2 Å². The average Bonchev–Trinajstić information content (AvgIpc) is 2.95. The molecule has 0 aliphatic rings. The molecule has 228 valence electrons. The van der Waals surface area contributed by atoms with E-state index in [0.29, 0.717) is 18.1 Å². The summed E-state index contributed by atoms with van der Waals surface area (Å²) in [6.07, 6.45) is 7.31. The van der Waals surface area contributed by atoms with Gasteiger partial charge in [0, 0.05) is 6.42 Å². The second-order valence-electron chi connectivity index (χ2n) is 9.61. The van der Waals surface area contributed by atoms with E-state index < -0.39 is 21.8 Å². The number of halogens is 2. The number of carboxylic acids is 1. The highest BCUT2D eigenvalue weighted by Crippen LogP contribution is 2.33. The van der Waals surface area contributed by atoms with E-state index in [1.807, 2.05) is 12.1 Å². The Morgan fingerprint density at radius 1 is 0.881 bits per heavy atom. The Bertz CT molecular complexity index is 1380. The first-order valence-electron chi connectivity index (χ1n) is 13.7. The monoisotopic (exact) mass is 639 g/mol. The third kappa shape index (κ3) is 11.7. The number of hydrogen-bond donors (Lipinski definition) is 1. The van der Waals surface area contributed by atoms with Gasteiger partial charge in [0.15, 0.2) is 0 Å². The first-order chi connectivity index (χ1) is 20.2. The molecule has 0 saturated heterocycles. The van der Waals surface area contributed by atoms with Gasteiger partial charge in [-0.25, -0.2) is 0 Å². The first kappa shape index (κ1) is 33.5. The number of rotatable bonds is 19. The van der Waals surface area contributed by atoms with Gasteiger partial charge in [0.25, 0.3) is 0 Å². The predicted octanol–water partition coefficient (Wildman–Crippen LogP) is 7.22. The maximum atomic E-state index is 12.5. The van der Waals surface area contributed by atoms with Crippen molar-refractivity contribution in [2.45, 2.75) is 63.5 Å². The fourth-order valence-electron chi connectivity index (χ4n) is 4.12. The molecular formula is C30H35Cl2NO8S. The number of methoxy groups -OCH3 is 1. The molecule has 42 heavy (non-hydrogen) atoms. The van der Waals surface area contributed by atoms with Crippen molar-refractivity contribution in [1.82, 2.24) is 4.98 Å². The summed E-state index contributed by atoms with van der Waals surface area (Å²) in [6, 6.07) is 15.8. The van der Waals surface area contributed by atoms with Crippen LogP contribution in [-0.2, 0) is 37.8 Å². The van der Waals surface area contributed by atoms with Gasteiger partial charge in [0.1, 0.15) is 17.3 Å². The van der Waals surface area contributed by atoms with Crippen molar-refractivity contribution in [2.75, 3.05) is 13.7 Å². The predicted molar refractivity (Wildman–Crippen MR) is 161 cm³/mol. The molecule has 0 saturated carbocycles. The molecule has 0 amide bonds. The molecule has 0 fully saturated rings. The summed E-state index contributed by atoms with van der Waals surface area (Å²) >= 11 is 11.9. The molecule has 3 aromatic rings. The van der Waals surface area contributed by atoms with Crippen molar-refractivity contribution in [2.24, 2.45) is 0 Å². The summed E-state index contributed by atoms with van der Waals surface area (Å²) in [5.74, 6) is -0.450. The number of aryl methyl sites for hydroxylation is 2. The second-order valence-corrected chi connectivity index (χ2v) is 12.0. The number of carboxylic acid groups (broad SMARTS) is 1. The maximum absolute atomic E-state index is 12.5. The van der Waals surface area contributed by atoms with Crippen molar-refractivity contribution in [3.63, 3.8) is 0 Å². The van der Waals surface area contributed by atoms with Crippen LogP contribution in [0.2, 0.25) is 10.0 Å². The molecule has 9 nitrogen and oxygen atoms in total. The number of benzene rings is 2. The van der Waals surface area contributed by atoms with Crippen LogP contribution < -0.4 is 14.4 Å². The molecule has 0 aliphatic heterocycles. The van der Waals surface area contributed by atoms with Gasteiger partial charge >= 0.3 is 16.1 Å². The summed E-state index contributed by atoms with van der Waals surface area (Å²) < 4.78 is 40.7. The number of pyridine rings is 1. The Morgan fingerprint density at radius 3 is 2.21 bits per heavy atom. The van der Waals surface area contributed by atoms with E-state index in [1.54, 1.807) is 19.2 Å². The number of ether oxygens (including phenoxy) is 2. The van der Waals surface area contributed by atoms with E-state index in [-0.39, 0.29) is 34.3 Å². The number of carbonyl (C=O) groups is 1. The standard InChI is InChI=1S/C30H35Cl2NO8S/c1-38-24-15-12-22(13-16-24)9-6-4-2-3-5-7-20-39-28-18-14-23(33-27(28)17-19-29(34)35)21-42(36,37)41-40-30-25(31)10-8-11-26(30)32/h8,10-16,18H,2-7,9,17,19-21H2,1H3,(H,34,35). The SMILES string of the molecule is COc1ccc(CCCCCCCCOc2ccc(CS(=O)(=O)OOc3c(Cl)cccc3Cl)nc2CCC(=O)O)cc1. The Hall–Kier alpha value is -3.05. The minimum absolute atomic E-state index is 0.0815. The third-order valence-electron chi connectivity index (χ3n) is 6.31. The molecule has 2 aromatic carbocycles. The minimum Gasteiger partial charge on any atom is -0.497 e. The lowest BCUT2D eigenvalue weighted by Crippen LogP contribution is -2.14. The van der Waals surface area contributed by atoms with Crippen molar-refractivity contribution in [3.8, 4) is 17.2 Å². The molecule has 0 bridgehead atoms. The fraction of sp³-hybridized carbons (Fsp3) is 0.400. The summed E-state index contributed by atoms with van der Waals surface area (Å²) in [6.45, 7) is 0.445. The molecule has 0 unspecified atom stereocenters.